The summed E-state index contributed by atoms with van der Waals surface area (Å²) in [7, 11) is 10.1. The monoisotopic (exact) mass is 1200 g/mol. The third-order valence-electron chi connectivity index (χ3n) is 15.4. The Hall–Kier alpha value is -5.93. The number of methoxy groups -OCH3 is 1. The molecule has 0 saturated heterocycles. The van der Waals surface area contributed by atoms with E-state index >= 15 is 9.59 Å². The Morgan fingerprint density at radius 1 is 0.553 bits per heavy atom. The van der Waals surface area contributed by atoms with Crippen molar-refractivity contribution in [2.24, 2.45) is 47.3 Å². The van der Waals surface area contributed by atoms with Crippen LogP contribution in [-0.4, -0.2) is 209 Å². The number of allylic oxidation sites excluding steroid dienone is 2. The summed E-state index contributed by atoms with van der Waals surface area (Å²) in [6.45, 7) is 31.5. The van der Waals surface area contributed by atoms with E-state index in [9.17, 15) is 48.3 Å². The summed E-state index contributed by atoms with van der Waals surface area (Å²) in [4.78, 5) is 161. The maximum absolute atomic E-state index is 15.1. The molecule has 0 rings (SSSR count). The predicted octanol–water partition coefficient (Wildman–Crippen LogP) is 6.07. The quantitative estimate of drug-likeness (QED) is 0.0475. The first-order valence-electron chi connectivity index (χ1n) is 30.3. The molecule has 0 fully saturated rings. The van der Waals surface area contributed by atoms with Crippen molar-refractivity contribution in [1.29, 1.82) is 0 Å². The van der Waals surface area contributed by atoms with Crippen LogP contribution >= 0.6 is 0 Å². The molecule has 8 amide bonds. The Kier molecular flexibility index (Phi) is 33.7. The van der Waals surface area contributed by atoms with Gasteiger partial charge in [-0.1, -0.05) is 102 Å². The van der Waals surface area contributed by atoms with Crippen LogP contribution in [-0.2, 0) is 62.2 Å². The number of ether oxygens (including phenoxy) is 2. The van der Waals surface area contributed by atoms with Crippen molar-refractivity contribution < 1.29 is 67.3 Å². The van der Waals surface area contributed by atoms with Crippen molar-refractivity contribution in [1.82, 2.24) is 40.0 Å². The minimum absolute atomic E-state index is 0.0150. The molecule has 22 heteroatoms. The van der Waals surface area contributed by atoms with Crippen LogP contribution in [0.25, 0.3) is 0 Å². The van der Waals surface area contributed by atoms with Crippen LogP contribution in [0.5, 0.6) is 0 Å². The van der Waals surface area contributed by atoms with Gasteiger partial charge in [-0.2, -0.15) is 0 Å². The fourth-order valence-corrected chi connectivity index (χ4v) is 10.5. The zero-order valence-corrected chi connectivity index (χ0v) is 56.5. The van der Waals surface area contributed by atoms with Crippen LogP contribution in [0.2, 0.25) is 0 Å². The number of aliphatic carboxylic acids is 1. The Labute approximate surface area is 509 Å². The molecule has 22 nitrogen and oxygen atoms in total. The summed E-state index contributed by atoms with van der Waals surface area (Å²) in [5.41, 5.74) is -0.752. The zero-order valence-electron chi connectivity index (χ0n) is 56.5. The third-order valence-corrected chi connectivity index (χ3v) is 15.4. The van der Waals surface area contributed by atoms with E-state index in [-0.39, 0.29) is 73.4 Å². The topological polar surface area (TPSA) is 270 Å². The molecular weight excluding hydrogens is 1090 g/mol. The fraction of sp³-hybridized carbons (Fsp3) is 0.794. The number of hydrogen-bond donors (Lipinski definition) is 3. The van der Waals surface area contributed by atoms with E-state index in [4.69, 9.17) is 9.47 Å². The molecule has 0 spiro atoms. The SMILES string of the molecule is C/C=C/C[C@@H](C)[C@@H](OC)[C@@H](C(=O)N[C@@H](CC)C(=O)N(C)CC(=O)O)N(C)C(=O)[C@H](C(C)C)N(C)C(=O)[C@H](CC(C)C)N(C)C(=O)[C@H](CC(C)C)N(C)C(=O)[C@@H](C)NC(=O)[C@H](C)CC(=O)[C@@H](CC(C)C)N(C)C(=O)[C@@H](CC(=O)OC(C)(C)C)C(C)C. The second kappa shape index (κ2) is 36.3. The minimum atomic E-state index is -1.35. The molecule has 85 heavy (non-hydrogen) atoms. The highest BCUT2D eigenvalue weighted by atomic mass is 16.6. The first-order valence-corrected chi connectivity index (χ1v) is 30.3. The first kappa shape index (κ1) is 79.1. The van der Waals surface area contributed by atoms with Crippen molar-refractivity contribution in [2.45, 2.75) is 224 Å². The van der Waals surface area contributed by atoms with Crippen LogP contribution < -0.4 is 10.6 Å². The van der Waals surface area contributed by atoms with E-state index < -0.39 is 132 Å². The second-order valence-electron chi connectivity index (χ2n) is 26.3. The van der Waals surface area contributed by atoms with Crippen molar-refractivity contribution in [3.05, 3.63) is 12.2 Å². The molecule has 0 unspecified atom stereocenters. The van der Waals surface area contributed by atoms with E-state index in [0.29, 0.717) is 12.8 Å². The van der Waals surface area contributed by atoms with Crippen molar-refractivity contribution in [3.8, 4) is 0 Å². The first-order chi connectivity index (χ1) is 39.0. The molecule has 0 aromatic carbocycles. The number of Topliss-reactive ketones (excluding diaryl/α,β-unsaturated/α-hetero) is 1. The number of esters is 1. The average molecular weight is 1210 g/mol. The molecule has 11 atom stereocenters. The molecule has 0 bridgehead atoms. The number of likely N-dealkylation sites (N-methyl/N-ethyl adjacent to an activating group) is 6. The Morgan fingerprint density at radius 3 is 1.44 bits per heavy atom. The Morgan fingerprint density at radius 2 is 1.01 bits per heavy atom. The molecule has 3 N–H and O–H groups in total. The zero-order chi connectivity index (χ0) is 66.5. The lowest BCUT2D eigenvalue weighted by Gasteiger charge is -2.42. The highest BCUT2D eigenvalue weighted by Gasteiger charge is 2.46. The molecule has 0 saturated carbocycles. The number of nitrogens with one attached hydrogen (secondary N) is 2. The number of carboxylic acid groups (broad SMARTS) is 1. The number of rotatable bonds is 36. The van der Waals surface area contributed by atoms with Crippen LogP contribution in [0.3, 0.4) is 0 Å². The summed E-state index contributed by atoms with van der Waals surface area (Å²) in [6.07, 6.45) is 3.57. The second-order valence-corrected chi connectivity index (χ2v) is 26.3. The standard InChI is InChI=1S/C63H112N8O14/c1-26-28-29-41(13)54(84-25)53(56(77)65-45(27-2)59(80)66(19)35-50(73)74)71(24)62(83)52(40(11)12)70(23)61(82)48(32-38(7)8)69(22)60(81)47(31-37(5)6)68(21)57(78)43(15)64-55(76)42(14)33-49(72)46(30-36(3)4)67(20)58(79)44(39(9)10)34-51(75)85-63(16,17)18/h26,28,36-48,52-54H,27,29-35H2,1-25H3,(H,64,76)(H,65,77)(H,73,74)/b28-26+/t41-,42-,43-,44+,45+,46-,47+,48+,52+,53+,54-/m1/s1. The smallest absolute Gasteiger partial charge is 0.323 e. The summed E-state index contributed by atoms with van der Waals surface area (Å²) in [5.74, 6) is -10.0. The Balaban J connectivity index is 7.03. The predicted molar refractivity (Wildman–Crippen MR) is 328 cm³/mol. The number of hydrogen-bond acceptors (Lipinski definition) is 13. The van der Waals surface area contributed by atoms with E-state index in [1.165, 1.54) is 80.8 Å². The van der Waals surface area contributed by atoms with Gasteiger partial charge in [0.15, 0.2) is 5.78 Å². The third kappa shape index (κ3) is 24.8. The maximum atomic E-state index is 15.1. The summed E-state index contributed by atoms with van der Waals surface area (Å²) >= 11 is 0. The van der Waals surface area contributed by atoms with Crippen LogP contribution in [0.1, 0.15) is 170 Å². The van der Waals surface area contributed by atoms with Gasteiger partial charge < -0.3 is 54.6 Å². The van der Waals surface area contributed by atoms with Crippen molar-refractivity contribution >= 4 is 65.0 Å². The number of carbonyl (C=O) groups excluding carboxylic acids is 10. The molecule has 0 aliphatic carbocycles. The molecule has 0 heterocycles. The van der Waals surface area contributed by atoms with Gasteiger partial charge in [-0.05, 0) is 102 Å². The highest BCUT2D eigenvalue weighted by Crippen LogP contribution is 2.28. The Bertz CT molecular complexity index is 2280. The van der Waals surface area contributed by atoms with Crippen LogP contribution in [0.4, 0.5) is 0 Å². The summed E-state index contributed by atoms with van der Waals surface area (Å²) in [5, 5.41) is 14.8. The molecular formula is C63H112N8O14. The minimum Gasteiger partial charge on any atom is -0.480 e. The summed E-state index contributed by atoms with van der Waals surface area (Å²) in [6, 6.07) is -8.03. The molecule has 0 aliphatic rings. The van der Waals surface area contributed by atoms with E-state index in [1.807, 2.05) is 81.4 Å². The largest absolute Gasteiger partial charge is 0.480 e. The number of ketones is 1. The van der Waals surface area contributed by atoms with Gasteiger partial charge >= 0.3 is 11.9 Å². The van der Waals surface area contributed by atoms with Gasteiger partial charge in [0.2, 0.25) is 47.3 Å². The van der Waals surface area contributed by atoms with E-state index in [1.54, 1.807) is 48.5 Å². The van der Waals surface area contributed by atoms with E-state index in [2.05, 4.69) is 10.6 Å². The molecule has 488 valence electrons. The number of amides is 8. The lowest BCUT2D eigenvalue weighted by Crippen LogP contribution is -2.63. The lowest BCUT2D eigenvalue weighted by molar-refractivity contribution is -0.159. The van der Waals surface area contributed by atoms with Crippen molar-refractivity contribution in [3.63, 3.8) is 0 Å². The van der Waals surface area contributed by atoms with Crippen molar-refractivity contribution in [2.75, 3.05) is 55.9 Å². The summed E-state index contributed by atoms with van der Waals surface area (Å²) < 4.78 is 11.5. The normalized spacial score (nSPS) is 15.8. The average Bonchev–Trinajstić information content (AvgIpc) is 3.43. The fourth-order valence-electron chi connectivity index (χ4n) is 10.5. The lowest BCUT2D eigenvalue weighted by atomic mass is 9.88. The van der Waals surface area contributed by atoms with Gasteiger partial charge in [-0.3, -0.25) is 52.7 Å². The van der Waals surface area contributed by atoms with Gasteiger partial charge in [0.05, 0.1) is 24.5 Å². The van der Waals surface area contributed by atoms with Gasteiger partial charge in [0.1, 0.15) is 48.4 Å². The van der Waals surface area contributed by atoms with Gasteiger partial charge in [-0.25, -0.2) is 0 Å². The van der Waals surface area contributed by atoms with Gasteiger partial charge in [0.25, 0.3) is 0 Å². The highest BCUT2D eigenvalue weighted by molar-refractivity contribution is 5.98. The molecule has 0 aromatic rings. The van der Waals surface area contributed by atoms with Crippen LogP contribution in [0, 0.1) is 47.3 Å². The van der Waals surface area contributed by atoms with Gasteiger partial charge in [0, 0.05) is 61.7 Å². The van der Waals surface area contributed by atoms with Crippen LogP contribution in [0.15, 0.2) is 12.2 Å². The number of nitrogens with zero attached hydrogens (tertiary/aromatic N) is 6. The number of carbonyl (C=O) groups is 11. The molecule has 0 aliphatic heterocycles. The maximum Gasteiger partial charge on any atom is 0.323 e. The van der Waals surface area contributed by atoms with Gasteiger partial charge in [-0.15, -0.1) is 0 Å². The molecule has 0 aromatic heterocycles. The van der Waals surface area contributed by atoms with E-state index in [0.717, 1.165) is 4.90 Å². The number of carboxylic acids is 1. The molecule has 0 radical (unpaired) electrons.